The fraction of sp³-hybridized carbons (Fsp3) is 0.583. The molecule has 30 heavy (non-hydrogen) atoms. The number of halogens is 1. The Kier molecular flexibility index (Phi) is 6.02. The summed E-state index contributed by atoms with van der Waals surface area (Å²) in [5.41, 5.74) is -0.777. The van der Waals surface area contributed by atoms with Gasteiger partial charge in [-0.15, -0.1) is 0 Å². The van der Waals surface area contributed by atoms with Gasteiger partial charge >= 0.3 is 6.09 Å². The molecule has 2 heterocycles. The van der Waals surface area contributed by atoms with E-state index in [1.165, 1.54) is 5.38 Å². The topological polar surface area (TPSA) is 46.6 Å². The van der Waals surface area contributed by atoms with Crippen LogP contribution in [0.25, 0.3) is 10.1 Å². The quantitative estimate of drug-likeness (QED) is 0.386. The number of thiophene rings is 1. The number of carbonyl (C=O) groups excluding carboxylic acids is 2. The number of hydrogen-bond acceptors (Lipinski definition) is 3. The summed E-state index contributed by atoms with van der Waals surface area (Å²) in [6.07, 6.45) is 1.69. The van der Waals surface area contributed by atoms with E-state index in [9.17, 15) is 13.5 Å². The fourth-order valence-corrected chi connectivity index (χ4v) is 5.19. The van der Waals surface area contributed by atoms with Crippen LogP contribution in [0, 0.1) is 10.8 Å². The smallest absolute Gasteiger partial charge is 0.410 e. The van der Waals surface area contributed by atoms with E-state index in [0.717, 1.165) is 6.42 Å². The first-order chi connectivity index (χ1) is 13.8. The van der Waals surface area contributed by atoms with E-state index in [-0.39, 0.29) is 17.3 Å². The van der Waals surface area contributed by atoms with Gasteiger partial charge in [-0.05, 0) is 51.5 Å². The molecule has 2 unspecified atom stereocenters. The molecule has 164 valence electrons. The largest absolute Gasteiger partial charge is 0.444 e. The number of ether oxygens (including phenoxy) is 1. The second kappa shape index (κ2) is 7.95. The summed E-state index contributed by atoms with van der Waals surface area (Å²) in [5, 5.41) is 2.17. The monoisotopic (exact) mass is 434 g/mol. The highest BCUT2D eigenvalue weighted by molar-refractivity contribution is 7.31. The maximum Gasteiger partial charge on any atom is 0.410 e. The van der Waals surface area contributed by atoms with Crippen molar-refractivity contribution in [3.05, 3.63) is 35.2 Å². The van der Waals surface area contributed by atoms with Crippen molar-refractivity contribution in [2.75, 3.05) is 13.1 Å². The van der Waals surface area contributed by atoms with Gasteiger partial charge in [-0.25, -0.2) is 4.79 Å². The molecule has 1 aliphatic heterocycles. The van der Waals surface area contributed by atoms with Crippen molar-refractivity contribution >= 4 is 32.8 Å². The molecule has 0 N–H and O–H groups in total. The Labute approximate surface area is 181 Å². The van der Waals surface area contributed by atoms with E-state index in [2.05, 4.69) is 20.8 Å². The number of hydrogen-bond donors (Lipinski definition) is 0. The zero-order valence-electron chi connectivity index (χ0n) is 18.9. The molecule has 2 atom stereocenters. The molecule has 1 saturated heterocycles. The molecule has 1 aliphatic rings. The third-order valence-corrected chi connectivity index (χ3v) is 6.91. The van der Waals surface area contributed by atoms with E-state index >= 15 is 0 Å². The molecule has 1 aromatic heterocycles. The molecular weight excluding hydrogens is 401 g/mol. The van der Waals surface area contributed by atoms with Crippen LogP contribution in [0.2, 0.25) is 0 Å². The number of likely N-dealkylation sites (tertiary alicyclic amines) is 1. The Morgan fingerprint density at radius 1 is 1.17 bits per heavy atom. The second-order valence-corrected chi connectivity index (χ2v) is 11.9. The van der Waals surface area contributed by atoms with Crippen molar-refractivity contribution in [1.29, 1.82) is 0 Å². The van der Waals surface area contributed by atoms with Gasteiger partial charge in [-0.2, -0.15) is 0 Å². The molecule has 0 bridgehead atoms. The standard InChI is InChI=1S/C24H33FNO3S/c1-22(2,3)11-12-24(13-14-26(16-24)21(28)29-23(4,5)6)20(27)18-15-30(25)19-10-8-7-9-17(18)19/h7-10,15H,11-14,16H2,1-6H3/q+1. The van der Waals surface area contributed by atoms with E-state index in [4.69, 9.17) is 4.74 Å². The number of carbonyl (C=O) groups is 2. The highest BCUT2D eigenvalue weighted by Crippen LogP contribution is 2.45. The summed E-state index contributed by atoms with van der Waals surface area (Å²) in [5.74, 6) is -0.0436. The molecule has 0 saturated carbocycles. The number of benzene rings is 1. The first-order valence-corrected chi connectivity index (χ1v) is 11.7. The molecule has 0 aliphatic carbocycles. The number of ketones is 1. The molecule has 3 rings (SSSR count). The second-order valence-electron chi connectivity index (χ2n) is 10.6. The lowest BCUT2D eigenvalue weighted by molar-refractivity contribution is 0.0270. The first-order valence-electron chi connectivity index (χ1n) is 10.5. The van der Waals surface area contributed by atoms with Crippen molar-refractivity contribution in [3.63, 3.8) is 0 Å². The fourth-order valence-electron chi connectivity index (χ4n) is 4.02. The van der Waals surface area contributed by atoms with E-state index in [0.29, 0.717) is 41.6 Å². The van der Waals surface area contributed by atoms with Crippen LogP contribution in [0.15, 0.2) is 29.6 Å². The van der Waals surface area contributed by atoms with Gasteiger partial charge in [0.05, 0.1) is 16.4 Å². The molecule has 1 amide bonds. The van der Waals surface area contributed by atoms with Gasteiger partial charge in [0.15, 0.2) is 11.2 Å². The normalized spacial score (nSPS) is 20.6. The van der Waals surface area contributed by atoms with E-state index < -0.39 is 21.9 Å². The van der Waals surface area contributed by atoms with Crippen LogP contribution >= 0.6 is 10.9 Å². The molecule has 6 heteroatoms. The van der Waals surface area contributed by atoms with Crippen molar-refractivity contribution in [2.45, 2.75) is 66.4 Å². The molecule has 2 aromatic rings. The van der Waals surface area contributed by atoms with Crippen LogP contribution in [-0.2, 0) is 4.74 Å². The third kappa shape index (κ3) is 4.85. The summed E-state index contributed by atoms with van der Waals surface area (Å²) in [6.45, 7) is 12.7. The molecule has 0 spiro atoms. The summed E-state index contributed by atoms with van der Waals surface area (Å²) < 4.78 is 20.7. The maximum absolute atomic E-state index is 14.6. The van der Waals surface area contributed by atoms with Crippen LogP contribution in [0.1, 0.15) is 71.2 Å². The number of Topliss-reactive ketones (excluding diaryl/α,β-unsaturated/α-hetero) is 1. The average molecular weight is 435 g/mol. The van der Waals surface area contributed by atoms with Crippen LogP contribution in [0.4, 0.5) is 8.68 Å². The summed E-state index contributed by atoms with van der Waals surface area (Å²) >= 11 is 0. The van der Waals surface area contributed by atoms with Gasteiger partial charge in [0.2, 0.25) is 15.6 Å². The number of amides is 1. The Bertz CT molecular complexity index is 953. The highest BCUT2D eigenvalue weighted by Gasteiger charge is 2.48. The van der Waals surface area contributed by atoms with Crippen LogP contribution in [-0.4, -0.2) is 35.5 Å². The van der Waals surface area contributed by atoms with Crippen molar-refractivity contribution < 1.29 is 18.2 Å². The predicted molar refractivity (Wildman–Crippen MR) is 121 cm³/mol. The van der Waals surface area contributed by atoms with Gasteiger partial charge in [0.25, 0.3) is 0 Å². The lowest BCUT2D eigenvalue weighted by Crippen LogP contribution is -2.40. The molecule has 1 aromatic carbocycles. The first kappa shape index (κ1) is 22.7. The Morgan fingerprint density at radius 3 is 2.47 bits per heavy atom. The van der Waals surface area contributed by atoms with Crippen LogP contribution in [0.3, 0.4) is 0 Å². The molecule has 1 fully saturated rings. The van der Waals surface area contributed by atoms with Gasteiger partial charge in [-0.1, -0.05) is 32.9 Å². The minimum atomic E-state index is -1.56. The lowest BCUT2D eigenvalue weighted by Gasteiger charge is -2.31. The zero-order valence-corrected chi connectivity index (χ0v) is 19.7. The van der Waals surface area contributed by atoms with Crippen LogP contribution < -0.4 is 0 Å². The van der Waals surface area contributed by atoms with Crippen LogP contribution in [0.5, 0.6) is 0 Å². The van der Waals surface area contributed by atoms with Crippen molar-refractivity contribution in [3.8, 4) is 0 Å². The van der Waals surface area contributed by atoms with Gasteiger partial charge in [0.1, 0.15) is 5.60 Å². The maximum atomic E-state index is 14.6. The Balaban J connectivity index is 1.95. The minimum absolute atomic E-state index is 0.0436. The van der Waals surface area contributed by atoms with Gasteiger partial charge in [-0.3, -0.25) is 4.79 Å². The molecular formula is C24H33FNO3S+. The number of nitrogens with zero attached hydrogens (tertiary/aromatic N) is 1. The zero-order chi connectivity index (χ0) is 22.3. The lowest BCUT2D eigenvalue weighted by atomic mass is 9.72. The summed E-state index contributed by atoms with van der Waals surface area (Å²) in [7, 11) is -1.56. The average Bonchev–Trinajstić information content (AvgIpc) is 3.21. The highest BCUT2D eigenvalue weighted by atomic mass is 32.2. The summed E-state index contributed by atoms with van der Waals surface area (Å²) in [4.78, 5) is 28.1. The third-order valence-electron chi connectivity index (χ3n) is 5.69. The molecule has 4 nitrogen and oxygen atoms in total. The van der Waals surface area contributed by atoms with Crippen molar-refractivity contribution in [2.24, 2.45) is 10.8 Å². The number of rotatable bonds is 4. The van der Waals surface area contributed by atoms with Crippen molar-refractivity contribution in [1.82, 2.24) is 4.90 Å². The SMILES string of the molecule is CC(C)(C)CCC1(C(=O)c2c[s+](F)c3ccccc23)CCN(C(=O)OC(C)(C)C)C1. The summed E-state index contributed by atoms with van der Waals surface area (Å²) in [6, 6.07) is 7.21. The Hall–Kier alpha value is -1.95. The van der Waals surface area contributed by atoms with E-state index in [1.54, 1.807) is 17.0 Å². The minimum Gasteiger partial charge on any atom is -0.444 e. The number of fused-ring (bicyclic) bond motifs is 1. The molecule has 0 radical (unpaired) electrons. The van der Waals surface area contributed by atoms with Gasteiger partial charge in [0, 0.05) is 23.0 Å². The van der Waals surface area contributed by atoms with Gasteiger partial charge < -0.3 is 9.64 Å². The Morgan fingerprint density at radius 2 is 1.83 bits per heavy atom. The predicted octanol–water partition coefficient (Wildman–Crippen LogP) is 6.96. The van der Waals surface area contributed by atoms with E-state index in [1.807, 2.05) is 32.9 Å².